The summed E-state index contributed by atoms with van der Waals surface area (Å²) >= 11 is 0. The number of carbonyl (C=O) groups excluding carboxylic acids is 3. The van der Waals surface area contributed by atoms with Crippen LogP contribution in [0.4, 0.5) is 8.78 Å². The molecule has 2 unspecified atom stereocenters. The van der Waals surface area contributed by atoms with Crippen LogP contribution in [0.3, 0.4) is 0 Å². The molecule has 6 nitrogen and oxygen atoms in total. The number of rotatable bonds is 3. The minimum absolute atomic E-state index is 0.0251. The third-order valence-electron chi connectivity index (χ3n) is 8.66. The number of hydrogen-bond donors (Lipinski definition) is 2. The Morgan fingerprint density at radius 2 is 1.97 bits per heavy atom. The third-order valence-corrected chi connectivity index (χ3v) is 8.66. The third kappa shape index (κ3) is 2.58. The van der Waals surface area contributed by atoms with Crippen molar-refractivity contribution >= 4 is 17.5 Å². The number of esters is 1. The number of aliphatic hydroxyl groups excluding tert-OH is 2. The first-order valence-electron chi connectivity index (χ1n) is 10.7. The van der Waals surface area contributed by atoms with Gasteiger partial charge in [-0.2, -0.15) is 0 Å². The average molecular weight is 438 g/mol. The second kappa shape index (κ2) is 6.78. The van der Waals surface area contributed by atoms with Gasteiger partial charge in [-0.3, -0.25) is 14.4 Å². The van der Waals surface area contributed by atoms with Crippen LogP contribution in [0.5, 0.6) is 0 Å². The second-order valence-electron chi connectivity index (χ2n) is 9.90. The van der Waals surface area contributed by atoms with Crippen LogP contribution in [-0.4, -0.2) is 57.9 Å². The van der Waals surface area contributed by atoms with Gasteiger partial charge in [0.25, 0.3) is 0 Å². The number of Topliss-reactive ketones (excluding diaryl/α,β-unsaturated/α-hetero) is 1. The summed E-state index contributed by atoms with van der Waals surface area (Å²) in [6.07, 6.45) is 0.383. The number of allylic oxidation sites excluding steroid dienone is 4. The Kier molecular flexibility index (Phi) is 4.87. The Hall–Kier alpha value is -1.93. The summed E-state index contributed by atoms with van der Waals surface area (Å²) in [6, 6.07) is 0. The van der Waals surface area contributed by atoms with Gasteiger partial charge < -0.3 is 14.9 Å². The molecule has 170 valence electrons. The molecule has 4 aliphatic rings. The molecule has 0 spiro atoms. The van der Waals surface area contributed by atoms with Gasteiger partial charge in [-0.25, -0.2) is 8.78 Å². The van der Waals surface area contributed by atoms with E-state index in [4.69, 9.17) is 4.74 Å². The van der Waals surface area contributed by atoms with Crippen molar-refractivity contribution in [2.75, 3.05) is 6.61 Å². The van der Waals surface area contributed by atoms with Crippen molar-refractivity contribution < 1.29 is 38.1 Å². The molecule has 0 aromatic carbocycles. The molecule has 2 N–H and O–H groups in total. The number of ether oxygens (including phenoxy) is 1. The molecular weight excluding hydrogens is 410 g/mol. The molecule has 0 aliphatic heterocycles. The maximum absolute atomic E-state index is 17.0. The highest BCUT2D eigenvalue weighted by atomic mass is 19.1. The number of carbonyl (C=O) groups is 3. The predicted octanol–water partition coefficient (Wildman–Crippen LogP) is 2.17. The van der Waals surface area contributed by atoms with E-state index < -0.39 is 70.4 Å². The normalized spacial score (nSPS) is 48.4. The minimum atomic E-state index is -2.27. The summed E-state index contributed by atoms with van der Waals surface area (Å²) < 4.78 is 37.8. The molecule has 0 aromatic heterocycles. The summed E-state index contributed by atoms with van der Waals surface area (Å²) in [5.74, 6) is -3.38. The van der Waals surface area contributed by atoms with Crippen LogP contribution in [0.15, 0.2) is 23.8 Å². The Labute approximate surface area is 179 Å². The van der Waals surface area contributed by atoms with E-state index in [1.165, 1.54) is 19.1 Å². The van der Waals surface area contributed by atoms with E-state index in [0.717, 1.165) is 13.0 Å². The van der Waals surface area contributed by atoms with Crippen LogP contribution in [0, 0.1) is 22.7 Å². The molecule has 0 saturated heterocycles. The van der Waals surface area contributed by atoms with Gasteiger partial charge >= 0.3 is 5.97 Å². The summed E-state index contributed by atoms with van der Waals surface area (Å²) in [5.41, 5.74) is -6.64. The van der Waals surface area contributed by atoms with Crippen LogP contribution >= 0.6 is 0 Å². The molecule has 0 amide bonds. The number of halogens is 2. The highest BCUT2D eigenvalue weighted by Gasteiger charge is 2.76. The first-order chi connectivity index (χ1) is 14.4. The van der Waals surface area contributed by atoms with Gasteiger partial charge in [0, 0.05) is 23.7 Å². The second-order valence-corrected chi connectivity index (χ2v) is 9.90. The number of hydrogen-bond acceptors (Lipinski definition) is 6. The zero-order valence-corrected chi connectivity index (χ0v) is 17.9. The molecular formula is C23H28F2O6. The van der Waals surface area contributed by atoms with E-state index in [1.807, 2.05) is 0 Å². The zero-order chi connectivity index (χ0) is 23.0. The molecule has 0 radical (unpaired) electrons. The lowest BCUT2D eigenvalue weighted by atomic mass is 9.44. The summed E-state index contributed by atoms with van der Waals surface area (Å²) in [5, 5.41) is 20.8. The molecule has 31 heavy (non-hydrogen) atoms. The molecule has 0 aromatic rings. The molecule has 8 atom stereocenters. The number of alkyl halides is 2. The van der Waals surface area contributed by atoms with Crippen LogP contribution in [-0.2, 0) is 19.1 Å². The lowest BCUT2D eigenvalue weighted by Gasteiger charge is -2.63. The number of fused-ring (bicyclic) bond motifs is 5. The first-order valence-corrected chi connectivity index (χ1v) is 10.7. The van der Waals surface area contributed by atoms with Crippen molar-refractivity contribution in [3.63, 3.8) is 0 Å². The fourth-order valence-corrected chi connectivity index (χ4v) is 7.25. The highest BCUT2D eigenvalue weighted by molar-refractivity contribution is 6.01. The molecule has 0 bridgehead atoms. The molecule has 3 fully saturated rings. The number of aliphatic hydroxyl groups is 2. The van der Waals surface area contributed by atoms with E-state index in [9.17, 15) is 24.6 Å². The standard InChI is InChI=1S/C23H28F2O6/c1-12(27)31-22(19(30)11-26)7-5-14-15-9-17(24)16-8-13(28)4-6-20(16,2)23(15,25)18(29)10-21(14,22)3/h4,6,8,14-15,17-18,26,29H,5,7,9-11H2,1-3H3/t14-,15-,17-,18?,20-,21-,22-,23?/m0/s1. The van der Waals surface area contributed by atoms with E-state index in [-0.39, 0.29) is 31.3 Å². The van der Waals surface area contributed by atoms with Gasteiger partial charge in [0.2, 0.25) is 5.78 Å². The molecule has 4 aliphatic carbocycles. The fourth-order valence-electron chi connectivity index (χ4n) is 7.25. The Morgan fingerprint density at radius 3 is 2.58 bits per heavy atom. The quantitative estimate of drug-likeness (QED) is 0.655. The van der Waals surface area contributed by atoms with Gasteiger partial charge in [-0.15, -0.1) is 0 Å². The van der Waals surface area contributed by atoms with Gasteiger partial charge in [0.05, 0.1) is 6.10 Å². The van der Waals surface area contributed by atoms with Gasteiger partial charge in [-0.05, 0) is 56.3 Å². The van der Waals surface area contributed by atoms with Gasteiger partial charge in [0.1, 0.15) is 12.8 Å². The first kappa shape index (κ1) is 22.3. The number of ketones is 2. The van der Waals surface area contributed by atoms with E-state index in [0.29, 0.717) is 0 Å². The van der Waals surface area contributed by atoms with Crippen molar-refractivity contribution in [3.8, 4) is 0 Å². The Bertz CT molecular complexity index is 914. The van der Waals surface area contributed by atoms with E-state index >= 15 is 8.78 Å². The van der Waals surface area contributed by atoms with Crippen LogP contribution < -0.4 is 0 Å². The van der Waals surface area contributed by atoms with Crippen molar-refractivity contribution in [3.05, 3.63) is 23.8 Å². The maximum atomic E-state index is 17.0. The van der Waals surface area contributed by atoms with E-state index in [2.05, 4.69) is 0 Å². The van der Waals surface area contributed by atoms with E-state index in [1.54, 1.807) is 6.92 Å². The van der Waals surface area contributed by atoms with Crippen molar-refractivity contribution in [1.82, 2.24) is 0 Å². The molecule has 8 heteroatoms. The van der Waals surface area contributed by atoms with Crippen molar-refractivity contribution in [2.24, 2.45) is 22.7 Å². The summed E-state index contributed by atoms with van der Waals surface area (Å²) in [4.78, 5) is 36.6. The van der Waals surface area contributed by atoms with Gasteiger partial charge in [-0.1, -0.05) is 13.0 Å². The zero-order valence-electron chi connectivity index (χ0n) is 17.9. The summed E-state index contributed by atoms with van der Waals surface area (Å²) in [7, 11) is 0. The Morgan fingerprint density at radius 1 is 1.29 bits per heavy atom. The van der Waals surface area contributed by atoms with Crippen LogP contribution in [0.25, 0.3) is 0 Å². The van der Waals surface area contributed by atoms with Crippen LogP contribution in [0.1, 0.15) is 46.5 Å². The molecule has 4 rings (SSSR count). The topological polar surface area (TPSA) is 101 Å². The maximum Gasteiger partial charge on any atom is 0.303 e. The lowest BCUT2D eigenvalue weighted by Crippen LogP contribution is -2.70. The van der Waals surface area contributed by atoms with Crippen molar-refractivity contribution in [1.29, 1.82) is 0 Å². The van der Waals surface area contributed by atoms with Gasteiger partial charge in [0.15, 0.2) is 17.1 Å². The smallest absolute Gasteiger partial charge is 0.303 e. The summed E-state index contributed by atoms with van der Waals surface area (Å²) in [6.45, 7) is 3.45. The lowest BCUT2D eigenvalue weighted by molar-refractivity contribution is -0.228. The van der Waals surface area contributed by atoms with Crippen LogP contribution in [0.2, 0.25) is 0 Å². The highest BCUT2D eigenvalue weighted by Crippen LogP contribution is 2.70. The van der Waals surface area contributed by atoms with Crippen molar-refractivity contribution in [2.45, 2.75) is 70.0 Å². The monoisotopic (exact) mass is 438 g/mol. The predicted molar refractivity (Wildman–Crippen MR) is 105 cm³/mol. The Balaban J connectivity index is 1.85. The SMILES string of the molecule is CC(=O)O[C@]1(C(=O)CO)CC[C@H]2[C@@H]3C[C@H](F)C4=CC(=O)C=C[C@]4(C)C3(F)C(O)C[C@@]21C. The molecule has 0 heterocycles. The molecule has 3 saturated carbocycles. The fraction of sp³-hybridized carbons (Fsp3) is 0.696. The average Bonchev–Trinajstić information content (AvgIpc) is 2.97. The largest absolute Gasteiger partial charge is 0.451 e. The minimum Gasteiger partial charge on any atom is -0.451 e.